The molecular formula is C30H36N2O2. The molecule has 0 spiro atoms. The molecule has 0 heterocycles. The highest BCUT2D eigenvalue weighted by Crippen LogP contribution is 2.33. The van der Waals surface area contributed by atoms with Gasteiger partial charge in [-0.05, 0) is 43.5 Å². The lowest BCUT2D eigenvalue weighted by molar-refractivity contribution is -0.142. The quantitative estimate of drug-likeness (QED) is 0.381. The van der Waals surface area contributed by atoms with E-state index in [-0.39, 0.29) is 12.0 Å². The largest absolute Gasteiger partial charge is 0.480 e. The van der Waals surface area contributed by atoms with Crippen LogP contribution in [0.2, 0.25) is 0 Å². The lowest BCUT2D eigenvalue weighted by Crippen LogP contribution is -2.44. The third kappa shape index (κ3) is 6.58. The van der Waals surface area contributed by atoms with E-state index in [1.165, 1.54) is 5.56 Å². The minimum Gasteiger partial charge on any atom is -0.480 e. The van der Waals surface area contributed by atoms with Gasteiger partial charge in [-0.15, -0.1) is 0 Å². The van der Waals surface area contributed by atoms with Crippen LogP contribution in [0.1, 0.15) is 36.0 Å². The second-order valence-corrected chi connectivity index (χ2v) is 9.01. The third-order valence-corrected chi connectivity index (χ3v) is 6.72. The molecule has 3 aromatic carbocycles. The van der Waals surface area contributed by atoms with Gasteiger partial charge in [0.05, 0.1) is 0 Å². The number of nitrogens with zero attached hydrogens (tertiary/aromatic N) is 2. The summed E-state index contributed by atoms with van der Waals surface area (Å²) in [5.41, 5.74) is 4.27. The van der Waals surface area contributed by atoms with Gasteiger partial charge in [-0.1, -0.05) is 97.6 Å². The van der Waals surface area contributed by atoms with Crippen LogP contribution in [0.3, 0.4) is 0 Å². The number of hydrogen-bond acceptors (Lipinski definition) is 3. The topological polar surface area (TPSA) is 43.8 Å². The number of aliphatic carboxylic acids is 1. The van der Waals surface area contributed by atoms with E-state index in [1.54, 1.807) is 0 Å². The van der Waals surface area contributed by atoms with E-state index >= 15 is 0 Å². The zero-order valence-corrected chi connectivity index (χ0v) is 20.5. The van der Waals surface area contributed by atoms with E-state index in [0.29, 0.717) is 6.42 Å². The summed E-state index contributed by atoms with van der Waals surface area (Å²) in [5, 5.41) is 10.2. The zero-order chi connectivity index (χ0) is 24.5. The molecule has 0 fully saturated rings. The van der Waals surface area contributed by atoms with E-state index < -0.39 is 12.0 Å². The smallest absolute Gasteiger partial charge is 0.326 e. The van der Waals surface area contributed by atoms with Crippen molar-refractivity contribution in [3.05, 3.63) is 120 Å². The molecule has 0 saturated carbocycles. The van der Waals surface area contributed by atoms with Gasteiger partial charge in [-0.25, -0.2) is 4.79 Å². The van der Waals surface area contributed by atoms with Crippen molar-refractivity contribution in [2.45, 2.75) is 37.8 Å². The molecule has 4 nitrogen and oxygen atoms in total. The molecule has 0 aromatic heterocycles. The van der Waals surface area contributed by atoms with Gasteiger partial charge in [0.1, 0.15) is 6.04 Å². The van der Waals surface area contributed by atoms with Crippen molar-refractivity contribution in [1.29, 1.82) is 0 Å². The normalized spacial score (nSPS) is 13.0. The number of likely N-dealkylation sites (N-methyl/N-ethyl adjacent to an activating group) is 2. The Morgan fingerprint density at radius 2 is 1.32 bits per heavy atom. The van der Waals surface area contributed by atoms with Crippen LogP contribution in [0, 0.1) is 0 Å². The summed E-state index contributed by atoms with van der Waals surface area (Å²) in [7, 11) is 3.93. The Bertz CT molecular complexity index is 998. The Balaban J connectivity index is 1.74. The van der Waals surface area contributed by atoms with E-state index in [4.69, 9.17) is 0 Å². The lowest BCUT2D eigenvalue weighted by Gasteiger charge is -2.36. The summed E-state index contributed by atoms with van der Waals surface area (Å²) < 4.78 is 0. The van der Waals surface area contributed by atoms with Gasteiger partial charge in [0.2, 0.25) is 0 Å². The molecule has 0 aliphatic carbocycles. The van der Waals surface area contributed by atoms with Crippen molar-refractivity contribution in [3.63, 3.8) is 0 Å². The molecule has 3 rings (SSSR count). The number of carboxylic acid groups (broad SMARTS) is 1. The monoisotopic (exact) mass is 456 g/mol. The van der Waals surface area contributed by atoms with Crippen LogP contribution < -0.4 is 0 Å². The molecule has 3 aromatic rings. The predicted molar refractivity (Wildman–Crippen MR) is 140 cm³/mol. The van der Waals surface area contributed by atoms with Crippen molar-refractivity contribution in [1.82, 2.24) is 9.80 Å². The zero-order valence-electron chi connectivity index (χ0n) is 20.5. The number of carbonyl (C=O) groups is 1. The van der Waals surface area contributed by atoms with E-state index in [9.17, 15) is 9.90 Å². The van der Waals surface area contributed by atoms with Gasteiger partial charge in [-0.3, -0.25) is 0 Å². The summed E-state index contributed by atoms with van der Waals surface area (Å²) in [6.45, 7) is 7.36. The van der Waals surface area contributed by atoms with Crippen LogP contribution in [-0.2, 0) is 11.2 Å². The number of hydrogen-bond donors (Lipinski definition) is 1. The number of carboxylic acids is 1. The molecule has 34 heavy (non-hydrogen) atoms. The summed E-state index contributed by atoms with van der Waals surface area (Å²) in [6, 6.07) is 30.1. The second kappa shape index (κ2) is 12.2. The van der Waals surface area contributed by atoms with Crippen LogP contribution in [0.15, 0.2) is 103 Å². The highest BCUT2D eigenvalue weighted by Gasteiger charge is 2.30. The van der Waals surface area contributed by atoms with Gasteiger partial charge in [-0.2, -0.15) is 0 Å². The van der Waals surface area contributed by atoms with Gasteiger partial charge in [0.15, 0.2) is 0 Å². The Morgan fingerprint density at radius 1 is 0.853 bits per heavy atom. The fourth-order valence-electron chi connectivity index (χ4n) is 4.37. The van der Waals surface area contributed by atoms with E-state index in [1.807, 2.05) is 54.4 Å². The minimum atomic E-state index is -0.827. The van der Waals surface area contributed by atoms with E-state index in [0.717, 1.165) is 29.8 Å². The van der Waals surface area contributed by atoms with Crippen molar-refractivity contribution in [2.24, 2.45) is 0 Å². The van der Waals surface area contributed by atoms with Crippen molar-refractivity contribution < 1.29 is 9.90 Å². The van der Waals surface area contributed by atoms with Crippen LogP contribution in [0.25, 0.3) is 0 Å². The predicted octanol–water partition coefficient (Wildman–Crippen LogP) is 5.67. The van der Waals surface area contributed by atoms with Crippen LogP contribution in [0.4, 0.5) is 0 Å². The van der Waals surface area contributed by atoms with Gasteiger partial charge in [0, 0.05) is 31.2 Å². The highest BCUT2D eigenvalue weighted by atomic mass is 16.4. The van der Waals surface area contributed by atoms with Gasteiger partial charge < -0.3 is 14.9 Å². The van der Waals surface area contributed by atoms with Crippen molar-refractivity contribution in [2.75, 3.05) is 20.6 Å². The number of rotatable bonds is 12. The average Bonchev–Trinajstić information content (AvgIpc) is 2.87. The Labute approximate surface area is 204 Å². The first-order chi connectivity index (χ1) is 16.4. The molecule has 178 valence electrons. The Hall–Kier alpha value is -3.37. The molecule has 0 saturated heterocycles. The first-order valence-electron chi connectivity index (χ1n) is 11.9. The molecule has 2 unspecified atom stereocenters. The fraction of sp³-hybridized carbons (Fsp3) is 0.300. The second-order valence-electron chi connectivity index (χ2n) is 9.01. The SMILES string of the molecule is C=C(C(c1ccccc1)c1ccccc1)N(C)C(CC(C)N(C)CCc1ccccc1)C(=O)O. The van der Waals surface area contributed by atoms with Crippen LogP contribution in [-0.4, -0.2) is 53.6 Å². The maximum atomic E-state index is 12.4. The molecule has 0 radical (unpaired) electrons. The van der Waals surface area contributed by atoms with Gasteiger partial charge in [0.25, 0.3) is 0 Å². The maximum Gasteiger partial charge on any atom is 0.326 e. The molecule has 0 aliphatic heterocycles. The van der Waals surface area contributed by atoms with E-state index in [2.05, 4.69) is 74.0 Å². The molecule has 2 atom stereocenters. The summed E-state index contributed by atoms with van der Waals surface area (Å²) in [6.07, 6.45) is 1.44. The number of benzene rings is 3. The maximum absolute atomic E-state index is 12.4. The molecular weight excluding hydrogens is 420 g/mol. The lowest BCUT2D eigenvalue weighted by atomic mass is 9.87. The summed E-state index contributed by atoms with van der Waals surface area (Å²) in [4.78, 5) is 16.5. The fourth-order valence-corrected chi connectivity index (χ4v) is 4.37. The standard InChI is InChI=1S/C30H36N2O2/c1-23(31(3)21-20-25-14-8-5-9-15-25)22-28(30(33)34)32(4)24(2)29(26-16-10-6-11-17-26)27-18-12-7-13-19-27/h5-19,23,28-29H,2,20-22H2,1,3-4H3,(H,33,34). The first kappa shape index (κ1) is 25.3. The van der Waals surface area contributed by atoms with Crippen LogP contribution in [0.5, 0.6) is 0 Å². The Morgan fingerprint density at radius 3 is 1.79 bits per heavy atom. The number of allylic oxidation sites excluding steroid dienone is 1. The molecule has 1 N–H and O–H groups in total. The first-order valence-corrected chi connectivity index (χ1v) is 11.9. The molecule has 0 amide bonds. The van der Waals surface area contributed by atoms with Crippen molar-refractivity contribution in [3.8, 4) is 0 Å². The van der Waals surface area contributed by atoms with Gasteiger partial charge >= 0.3 is 5.97 Å². The van der Waals surface area contributed by atoms with Crippen molar-refractivity contribution >= 4 is 5.97 Å². The third-order valence-electron chi connectivity index (χ3n) is 6.72. The molecule has 4 heteroatoms. The molecule has 0 aliphatic rings. The Kier molecular flexibility index (Phi) is 9.06. The van der Waals surface area contributed by atoms with Crippen LogP contribution >= 0.6 is 0 Å². The summed E-state index contributed by atoms with van der Waals surface area (Å²) in [5.74, 6) is -0.938. The average molecular weight is 457 g/mol. The molecule has 0 bridgehead atoms. The minimum absolute atomic E-state index is 0.104. The highest BCUT2D eigenvalue weighted by molar-refractivity contribution is 5.74. The summed E-state index contributed by atoms with van der Waals surface area (Å²) >= 11 is 0.